The Hall–Kier alpha value is -2.28. The summed E-state index contributed by atoms with van der Waals surface area (Å²) in [5, 5.41) is 12.2. The van der Waals surface area contributed by atoms with Crippen molar-refractivity contribution in [3.63, 3.8) is 0 Å². The molecule has 2 heterocycles. The molecule has 5 nitrogen and oxygen atoms in total. The van der Waals surface area contributed by atoms with Gasteiger partial charge in [0.1, 0.15) is 23.7 Å². The lowest BCUT2D eigenvalue weighted by Gasteiger charge is -2.25. The summed E-state index contributed by atoms with van der Waals surface area (Å²) in [7, 11) is 0. The van der Waals surface area contributed by atoms with Crippen molar-refractivity contribution >= 4 is 39.1 Å². The summed E-state index contributed by atoms with van der Waals surface area (Å²) in [6, 6.07) is 3.59. The molecule has 146 valence electrons. The Morgan fingerprint density at radius 1 is 1.32 bits per heavy atom. The van der Waals surface area contributed by atoms with E-state index >= 15 is 0 Å². The first kappa shape index (κ1) is 20.5. The first-order valence-corrected chi connectivity index (χ1v) is 9.92. The lowest BCUT2D eigenvalue weighted by molar-refractivity contribution is -0.168. The van der Waals surface area contributed by atoms with Gasteiger partial charge in [-0.3, -0.25) is 14.8 Å². The lowest BCUT2D eigenvalue weighted by Crippen LogP contribution is -2.35. The van der Waals surface area contributed by atoms with Crippen molar-refractivity contribution in [2.75, 3.05) is 6.54 Å². The van der Waals surface area contributed by atoms with E-state index in [9.17, 15) is 23.6 Å². The highest BCUT2D eigenvalue weighted by molar-refractivity contribution is 9.10. The fourth-order valence-electron chi connectivity index (χ4n) is 2.71. The number of carbonyl (C=O) groups is 2. The molecule has 3 rings (SSSR count). The predicted molar refractivity (Wildman–Crippen MR) is 103 cm³/mol. The smallest absolute Gasteiger partial charge is 0.268 e. The second-order valence-electron chi connectivity index (χ2n) is 6.45. The van der Waals surface area contributed by atoms with E-state index in [0.29, 0.717) is 14.4 Å². The zero-order chi connectivity index (χ0) is 20.6. The summed E-state index contributed by atoms with van der Waals surface area (Å²) in [4.78, 5) is 26.2. The molecule has 0 saturated carbocycles. The number of hydroxylamine groups is 2. The Bertz CT molecular complexity index is 989. The van der Waals surface area contributed by atoms with E-state index in [0.717, 1.165) is 17.0 Å². The Morgan fingerprint density at radius 2 is 1.96 bits per heavy atom. The molecule has 1 atom stereocenters. The highest BCUT2D eigenvalue weighted by atomic mass is 79.9. The average Bonchev–Trinajstić information content (AvgIpc) is 3.16. The lowest BCUT2D eigenvalue weighted by atomic mass is 10.1. The van der Waals surface area contributed by atoms with Crippen molar-refractivity contribution in [3.8, 4) is 11.8 Å². The van der Waals surface area contributed by atoms with E-state index in [-0.39, 0.29) is 11.5 Å². The first-order valence-electron chi connectivity index (χ1n) is 8.25. The maximum Gasteiger partial charge on any atom is 0.268 e. The van der Waals surface area contributed by atoms with Crippen molar-refractivity contribution in [1.82, 2.24) is 9.96 Å². The fraction of sp³-hybridized carbons (Fsp3) is 0.263. The Balaban J connectivity index is 1.99. The molecule has 0 bridgehead atoms. The molecule has 1 saturated heterocycles. The molecule has 28 heavy (non-hydrogen) atoms. The van der Waals surface area contributed by atoms with Crippen LogP contribution in [0.1, 0.15) is 40.8 Å². The van der Waals surface area contributed by atoms with Crippen LogP contribution in [-0.2, 0) is 4.79 Å². The quantitative estimate of drug-likeness (QED) is 0.531. The van der Waals surface area contributed by atoms with Crippen LogP contribution in [0.4, 0.5) is 8.78 Å². The molecule has 0 aliphatic carbocycles. The van der Waals surface area contributed by atoms with E-state index in [1.165, 1.54) is 11.3 Å². The highest BCUT2D eigenvalue weighted by Crippen LogP contribution is 2.36. The number of hydrogen-bond donors (Lipinski definition) is 1. The molecule has 2 amide bonds. The van der Waals surface area contributed by atoms with Crippen LogP contribution in [0, 0.1) is 29.4 Å². The van der Waals surface area contributed by atoms with E-state index < -0.39 is 41.7 Å². The van der Waals surface area contributed by atoms with Crippen LogP contribution < -0.4 is 0 Å². The SMILES string of the molecule is CC(C)C#Cc1cc(F)c(C(=O)N2CC(=O)N(O)C2c2cc(Br)cs2)c(F)c1. The molecule has 0 radical (unpaired) electrons. The van der Waals surface area contributed by atoms with Gasteiger partial charge in [-0.25, -0.2) is 8.78 Å². The molecule has 2 aromatic rings. The van der Waals surface area contributed by atoms with Crippen molar-refractivity contribution in [3.05, 3.63) is 55.7 Å². The largest absolute Gasteiger partial charge is 0.302 e. The Labute approximate surface area is 172 Å². The third kappa shape index (κ3) is 3.94. The third-order valence-electron chi connectivity index (χ3n) is 3.95. The predicted octanol–water partition coefficient (Wildman–Crippen LogP) is 4.17. The normalized spacial score (nSPS) is 16.5. The maximum atomic E-state index is 14.5. The van der Waals surface area contributed by atoms with E-state index in [1.807, 2.05) is 13.8 Å². The Kier molecular flexibility index (Phi) is 5.84. The molecule has 1 aliphatic heterocycles. The average molecular weight is 469 g/mol. The molecule has 9 heteroatoms. The summed E-state index contributed by atoms with van der Waals surface area (Å²) in [5.74, 6) is 1.54. The first-order chi connectivity index (χ1) is 13.2. The van der Waals surface area contributed by atoms with Crippen molar-refractivity contribution < 1.29 is 23.6 Å². The van der Waals surface area contributed by atoms with Gasteiger partial charge in [-0.05, 0) is 34.1 Å². The summed E-state index contributed by atoms with van der Waals surface area (Å²) in [6.45, 7) is 3.18. The molecule has 1 aliphatic rings. The van der Waals surface area contributed by atoms with Gasteiger partial charge < -0.3 is 4.90 Å². The number of benzene rings is 1. The number of carbonyl (C=O) groups excluding carboxylic acids is 2. The molecule has 1 unspecified atom stereocenters. The van der Waals surface area contributed by atoms with Crippen LogP contribution in [0.3, 0.4) is 0 Å². The summed E-state index contributed by atoms with van der Waals surface area (Å²) in [5.41, 5.74) is -0.681. The number of rotatable bonds is 2. The molecular weight excluding hydrogens is 454 g/mol. The highest BCUT2D eigenvalue weighted by Gasteiger charge is 2.43. The zero-order valence-corrected chi connectivity index (χ0v) is 17.3. The van der Waals surface area contributed by atoms with Crippen LogP contribution in [0.15, 0.2) is 28.1 Å². The second kappa shape index (κ2) is 7.99. The minimum atomic E-state index is -1.16. The van der Waals surface area contributed by atoms with Gasteiger partial charge in [-0.15, -0.1) is 11.3 Å². The summed E-state index contributed by atoms with van der Waals surface area (Å²) < 4.78 is 29.8. The monoisotopic (exact) mass is 468 g/mol. The van der Waals surface area contributed by atoms with Gasteiger partial charge in [0.2, 0.25) is 0 Å². The van der Waals surface area contributed by atoms with Crippen LogP contribution in [0.25, 0.3) is 0 Å². The number of nitrogens with zero attached hydrogens (tertiary/aromatic N) is 2. The second-order valence-corrected chi connectivity index (χ2v) is 8.31. The minimum absolute atomic E-state index is 0.0180. The number of hydrogen-bond acceptors (Lipinski definition) is 4. The topological polar surface area (TPSA) is 60.9 Å². The van der Waals surface area contributed by atoms with E-state index in [1.54, 1.807) is 11.4 Å². The van der Waals surface area contributed by atoms with Crippen LogP contribution in [0.5, 0.6) is 0 Å². The summed E-state index contributed by atoms with van der Waals surface area (Å²) >= 11 is 4.45. The molecule has 1 aromatic carbocycles. The zero-order valence-electron chi connectivity index (χ0n) is 14.9. The molecule has 0 spiro atoms. The van der Waals surface area contributed by atoms with Gasteiger partial charge in [-0.1, -0.05) is 25.7 Å². The van der Waals surface area contributed by atoms with Crippen molar-refractivity contribution in [1.29, 1.82) is 0 Å². The standard InChI is InChI=1S/C19H15BrF2N2O3S/c1-10(2)3-4-11-5-13(21)17(14(22)6-11)19(26)23-8-16(25)24(27)18(23)15-7-12(20)9-28-15/h5-7,9-10,18,27H,8H2,1-2H3. The van der Waals surface area contributed by atoms with Gasteiger partial charge in [0.15, 0.2) is 6.17 Å². The van der Waals surface area contributed by atoms with Crippen LogP contribution >= 0.6 is 27.3 Å². The van der Waals surface area contributed by atoms with E-state index in [2.05, 4.69) is 27.8 Å². The van der Waals surface area contributed by atoms with Gasteiger partial charge >= 0.3 is 0 Å². The Morgan fingerprint density at radius 3 is 2.50 bits per heavy atom. The summed E-state index contributed by atoms with van der Waals surface area (Å²) in [6.07, 6.45) is -1.16. The number of amides is 2. The maximum absolute atomic E-state index is 14.5. The molecule has 1 N–H and O–H groups in total. The van der Waals surface area contributed by atoms with Gasteiger partial charge in [-0.2, -0.15) is 5.06 Å². The molecule has 1 aromatic heterocycles. The van der Waals surface area contributed by atoms with Crippen molar-refractivity contribution in [2.24, 2.45) is 5.92 Å². The number of thiophene rings is 1. The minimum Gasteiger partial charge on any atom is -0.302 e. The van der Waals surface area contributed by atoms with Gasteiger partial charge in [0.05, 0.1) is 4.88 Å². The van der Waals surface area contributed by atoms with Gasteiger partial charge in [0.25, 0.3) is 11.8 Å². The van der Waals surface area contributed by atoms with Crippen LogP contribution in [0.2, 0.25) is 0 Å². The third-order valence-corrected chi connectivity index (χ3v) is 5.69. The molecular formula is C19H15BrF2N2O3S. The fourth-order valence-corrected chi connectivity index (χ4v) is 4.25. The molecule has 1 fully saturated rings. The number of halogens is 3. The van der Waals surface area contributed by atoms with E-state index in [4.69, 9.17) is 0 Å². The van der Waals surface area contributed by atoms with Gasteiger partial charge in [0, 0.05) is 21.3 Å². The van der Waals surface area contributed by atoms with Crippen LogP contribution in [-0.4, -0.2) is 33.5 Å². The van der Waals surface area contributed by atoms with Crippen molar-refractivity contribution in [2.45, 2.75) is 20.0 Å².